The van der Waals surface area contributed by atoms with Gasteiger partial charge in [-0.3, -0.25) is 6.08 Å². The maximum absolute atomic E-state index is 3.57. The third-order valence-corrected chi connectivity index (χ3v) is 4.29. The van der Waals surface area contributed by atoms with E-state index in [-0.39, 0.29) is 24.8 Å². The first-order valence-electron chi connectivity index (χ1n) is 7.15. The van der Waals surface area contributed by atoms with Gasteiger partial charge in [-0.25, -0.2) is 6.08 Å². The molecule has 0 radical (unpaired) electrons. The van der Waals surface area contributed by atoms with Crippen molar-refractivity contribution >= 4 is 16.4 Å². The molecule has 0 spiro atoms. The summed E-state index contributed by atoms with van der Waals surface area (Å²) in [7, 11) is 0. The predicted octanol–water partition coefficient (Wildman–Crippen LogP) is -1.23. The van der Waals surface area contributed by atoms with Crippen molar-refractivity contribution in [3.8, 4) is 0 Å². The molecule has 0 fully saturated rings. The van der Waals surface area contributed by atoms with Crippen LogP contribution in [0.4, 0.5) is 0 Å². The summed E-state index contributed by atoms with van der Waals surface area (Å²) in [5.41, 5.74) is 7.00. The van der Waals surface area contributed by atoms with Crippen LogP contribution in [0.3, 0.4) is 0 Å². The topological polar surface area (TPSA) is 0 Å². The fourth-order valence-corrected chi connectivity index (χ4v) is 3.42. The van der Waals surface area contributed by atoms with Gasteiger partial charge >= 0.3 is 28.4 Å². The molecule has 2 aromatic carbocycles. The molecule has 3 heteroatoms. The summed E-state index contributed by atoms with van der Waals surface area (Å²) in [5.74, 6) is 0.826. The molecule has 0 heterocycles. The molecule has 23 heavy (non-hydrogen) atoms. The van der Waals surface area contributed by atoms with Gasteiger partial charge in [0.05, 0.1) is 0 Å². The number of hydrogen-bond acceptors (Lipinski definition) is 0. The Balaban J connectivity index is 0.000000638. The molecule has 2 atom stereocenters. The van der Waals surface area contributed by atoms with Gasteiger partial charge in [0.15, 0.2) is 0 Å². The minimum atomic E-state index is 0. The van der Waals surface area contributed by atoms with Crippen molar-refractivity contribution in [2.45, 2.75) is 18.8 Å². The molecule has 0 aromatic heterocycles. The van der Waals surface area contributed by atoms with Gasteiger partial charge in [-0.1, -0.05) is 60.0 Å². The van der Waals surface area contributed by atoms with Crippen molar-refractivity contribution in [3.63, 3.8) is 0 Å². The van der Waals surface area contributed by atoms with E-state index in [4.69, 9.17) is 0 Å². The van der Waals surface area contributed by atoms with Gasteiger partial charge in [0.25, 0.3) is 0 Å². The van der Waals surface area contributed by atoms with Crippen LogP contribution in [0.2, 0.25) is 0 Å². The van der Waals surface area contributed by atoms with Crippen molar-refractivity contribution in [3.05, 3.63) is 82.4 Å². The van der Waals surface area contributed by atoms with E-state index in [1.54, 1.807) is 0 Å². The second kappa shape index (κ2) is 8.93. The molecule has 0 nitrogen and oxygen atoms in total. The average Bonchev–Trinajstić information content (AvgIpc) is 3.09. The van der Waals surface area contributed by atoms with Crippen LogP contribution in [-0.2, 0) is 24.2 Å². The van der Waals surface area contributed by atoms with E-state index < -0.39 is 0 Å². The molecule has 0 aliphatic heterocycles. The second-order valence-corrected chi connectivity index (χ2v) is 5.41. The van der Waals surface area contributed by atoms with Gasteiger partial charge < -0.3 is 24.8 Å². The van der Waals surface area contributed by atoms with E-state index in [9.17, 15) is 0 Å². The predicted molar refractivity (Wildman–Crippen MR) is 86.8 cm³/mol. The Morgan fingerprint density at radius 2 is 1.43 bits per heavy atom. The Morgan fingerprint density at radius 3 is 2.13 bits per heavy atom. The van der Waals surface area contributed by atoms with Crippen LogP contribution in [0.5, 0.6) is 0 Å². The number of allylic oxidation sites excluding steroid dienone is 2. The van der Waals surface area contributed by atoms with Crippen LogP contribution in [0.15, 0.2) is 54.1 Å². The first-order chi connectivity index (χ1) is 10.3. The first kappa shape index (κ1) is 20.3. The molecule has 0 amide bonds. The maximum Gasteiger partial charge on any atom is -1.00 e. The molecular weight excluding hydrogens is 402 g/mol. The molecule has 2 aliphatic carbocycles. The second-order valence-electron chi connectivity index (χ2n) is 5.41. The van der Waals surface area contributed by atoms with Crippen LogP contribution >= 0.6 is 0 Å². The van der Waals surface area contributed by atoms with Gasteiger partial charge in [-0.15, -0.1) is 11.6 Å². The summed E-state index contributed by atoms with van der Waals surface area (Å²) in [5, 5.41) is 0. The summed E-state index contributed by atoms with van der Waals surface area (Å²) >= 11 is 1.30. The zero-order chi connectivity index (χ0) is 14.8. The zero-order valence-corrected chi connectivity index (χ0v) is 16.9. The van der Waals surface area contributed by atoms with E-state index in [1.807, 2.05) is 0 Å². The molecule has 4 rings (SSSR count). The molecule has 2 aromatic rings. The number of rotatable bonds is 1. The minimum Gasteiger partial charge on any atom is -1.00 e. The van der Waals surface area contributed by atoms with E-state index in [2.05, 4.69) is 77.9 Å². The fourth-order valence-electron chi connectivity index (χ4n) is 3.42. The summed E-state index contributed by atoms with van der Waals surface area (Å²) in [6.07, 6.45) is 8.04. The van der Waals surface area contributed by atoms with Crippen molar-refractivity contribution in [1.82, 2.24) is 0 Å². The van der Waals surface area contributed by atoms with Crippen molar-refractivity contribution < 1.29 is 49.0 Å². The normalized spacial score (nSPS) is 19.3. The smallest absolute Gasteiger partial charge is 1.00 e. The molecular formula is C20H17Cl2Zr-. The van der Waals surface area contributed by atoms with Crippen molar-refractivity contribution in [1.29, 1.82) is 0 Å². The molecule has 0 saturated carbocycles. The van der Waals surface area contributed by atoms with Crippen molar-refractivity contribution in [2.24, 2.45) is 0 Å². The zero-order valence-electron chi connectivity index (χ0n) is 12.9. The fraction of sp³-hybridized carbons (Fsp3) is 0.150. The Labute approximate surface area is 165 Å². The Bertz CT molecular complexity index is 734. The van der Waals surface area contributed by atoms with Crippen LogP contribution in [0, 0.1) is 6.08 Å². The third-order valence-electron chi connectivity index (χ3n) is 4.29. The molecule has 2 unspecified atom stereocenters. The van der Waals surface area contributed by atoms with E-state index >= 15 is 0 Å². The molecule has 0 N–H and O–H groups in total. The molecule has 2 aliphatic rings. The Hall–Kier alpha value is -0.747. The largest absolute Gasteiger partial charge is 1.00 e. The number of fused-ring (bicyclic) bond motifs is 2. The van der Waals surface area contributed by atoms with Crippen LogP contribution < -0.4 is 24.8 Å². The summed E-state index contributed by atoms with van der Waals surface area (Å²) in [6, 6.07) is 17.4. The number of hydrogen-bond donors (Lipinski definition) is 0. The molecule has 116 valence electrons. The van der Waals surface area contributed by atoms with Crippen molar-refractivity contribution in [2.75, 3.05) is 0 Å². The Kier molecular flexibility index (Phi) is 7.88. The van der Waals surface area contributed by atoms with E-state index in [0.717, 1.165) is 0 Å². The monoisotopic (exact) mass is 417 g/mol. The molecule has 0 bridgehead atoms. The van der Waals surface area contributed by atoms with Gasteiger partial charge in [-0.2, -0.15) is 5.56 Å². The standard InChI is InChI=1S/C19H15.CH2.2ClH.Zr/c1-13-12-15-7-3-5-9-17(15)19(13)18-11-10-14-6-2-4-8-16(14)18;;;;/h2-10,12,18-19H,1H3;1H2;2*1H;/q-1;;;;+2/p-2. The van der Waals surface area contributed by atoms with Gasteiger partial charge in [0, 0.05) is 0 Å². The summed E-state index contributed by atoms with van der Waals surface area (Å²) < 4.78 is 3.34. The van der Waals surface area contributed by atoms with Crippen LogP contribution in [0.1, 0.15) is 41.0 Å². The maximum atomic E-state index is 3.57. The van der Waals surface area contributed by atoms with Gasteiger partial charge in [0.2, 0.25) is 0 Å². The average molecular weight is 419 g/mol. The number of benzene rings is 2. The van der Waals surface area contributed by atoms with Crippen LogP contribution in [0.25, 0.3) is 12.2 Å². The minimum absolute atomic E-state index is 0. The van der Waals surface area contributed by atoms with E-state index in [0.29, 0.717) is 11.8 Å². The van der Waals surface area contributed by atoms with E-state index in [1.165, 1.54) is 52.1 Å². The van der Waals surface area contributed by atoms with Gasteiger partial charge in [0.1, 0.15) is 0 Å². The third kappa shape index (κ3) is 3.68. The SMILES string of the molecule is CC1=Cc2ccccc2C1C1[C-]=Cc2ccccc21.[CH2]=[Zr+2].[Cl-].[Cl-]. The Morgan fingerprint density at radius 1 is 0.870 bits per heavy atom. The van der Waals surface area contributed by atoms with Crippen LogP contribution in [-0.4, -0.2) is 4.21 Å². The first-order valence-corrected chi connectivity index (χ1v) is 8.89. The van der Waals surface area contributed by atoms with Gasteiger partial charge in [-0.05, 0) is 24.0 Å². The quantitative estimate of drug-likeness (QED) is 0.509. The summed E-state index contributed by atoms with van der Waals surface area (Å²) in [4.78, 5) is 0. The summed E-state index contributed by atoms with van der Waals surface area (Å²) in [6.45, 7) is 2.24. The molecule has 0 saturated heterocycles. The number of halogens is 2.